The highest BCUT2D eigenvalue weighted by Crippen LogP contribution is 2.20. The Hall–Kier alpha value is -2.32. The third-order valence-electron chi connectivity index (χ3n) is 4.01. The number of hydrogen-bond acceptors (Lipinski definition) is 7. The third-order valence-corrected chi connectivity index (χ3v) is 4.01. The molecule has 0 aromatic heterocycles. The van der Waals surface area contributed by atoms with E-state index >= 15 is 0 Å². The highest BCUT2D eigenvalue weighted by Gasteiger charge is 2.30. The van der Waals surface area contributed by atoms with Crippen LogP contribution in [0, 0.1) is 5.92 Å². The zero-order valence-corrected chi connectivity index (χ0v) is 17.2. The predicted molar refractivity (Wildman–Crippen MR) is 100 cm³/mol. The molecule has 0 aromatic rings. The second-order valence-corrected chi connectivity index (χ2v) is 7.61. The molecule has 0 unspecified atom stereocenters. The Bertz CT molecular complexity index is 549. The van der Waals surface area contributed by atoms with Gasteiger partial charge in [0.05, 0.1) is 12.5 Å². The first-order chi connectivity index (χ1) is 13.1. The number of rotatable bonds is 8. The molecule has 1 aliphatic rings. The molecule has 1 fully saturated rings. The Labute approximate surface area is 166 Å². The molecule has 1 heterocycles. The van der Waals surface area contributed by atoms with Gasteiger partial charge in [0.15, 0.2) is 6.61 Å². The van der Waals surface area contributed by atoms with Crippen molar-refractivity contribution in [2.45, 2.75) is 59.0 Å². The first-order valence-corrected chi connectivity index (χ1v) is 9.69. The SMILES string of the molecule is CCOC(=O)CCCNC(=O)COC(=O)C1CCN(C(=O)OC(C)(C)C)CC1. The number of amides is 2. The van der Waals surface area contributed by atoms with Crippen LogP contribution in [0.15, 0.2) is 0 Å². The summed E-state index contributed by atoms with van der Waals surface area (Å²) in [6, 6.07) is 0. The Kier molecular flexibility index (Phi) is 9.75. The van der Waals surface area contributed by atoms with E-state index in [-0.39, 0.29) is 31.0 Å². The van der Waals surface area contributed by atoms with E-state index in [9.17, 15) is 19.2 Å². The lowest BCUT2D eigenvalue weighted by molar-refractivity contribution is -0.154. The van der Waals surface area contributed by atoms with Crippen LogP contribution in [0.5, 0.6) is 0 Å². The molecule has 2 amide bonds. The number of nitrogens with one attached hydrogen (secondary N) is 1. The highest BCUT2D eigenvalue weighted by molar-refractivity contribution is 5.81. The van der Waals surface area contributed by atoms with Crippen molar-refractivity contribution in [3.8, 4) is 0 Å². The molecule has 0 spiro atoms. The van der Waals surface area contributed by atoms with Crippen molar-refractivity contribution < 1.29 is 33.4 Å². The number of ether oxygens (including phenoxy) is 3. The molecular formula is C19H32N2O7. The average Bonchev–Trinajstić information content (AvgIpc) is 2.62. The number of carbonyl (C=O) groups excluding carboxylic acids is 4. The van der Waals surface area contributed by atoms with Crippen LogP contribution in [0.3, 0.4) is 0 Å². The number of likely N-dealkylation sites (tertiary alicyclic amines) is 1. The summed E-state index contributed by atoms with van der Waals surface area (Å²) in [5.41, 5.74) is -0.559. The topological polar surface area (TPSA) is 111 Å². The summed E-state index contributed by atoms with van der Waals surface area (Å²) < 4.78 is 15.2. The summed E-state index contributed by atoms with van der Waals surface area (Å²) in [6.45, 7) is 8.25. The van der Waals surface area contributed by atoms with Gasteiger partial charge in [-0.15, -0.1) is 0 Å². The Morgan fingerprint density at radius 2 is 1.71 bits per heavy atom. The monoisotopic (exact) mass is 400 g/mol. The van der Waals surface area contributed by atoms with E-state index in [1.807, 2.05) is 0 Å². The van der Waals surface area contributed by atoms with E-state index in [1.54, 1.807) is 32.6 Å². The number of nitrogens with zero attached hydrogens (tertiary/aromatic N) is 1. The Morgan fingerprint density at radius 1 is 1.07 bits per heavy atom. The van der Waals surface area contributed by atoms with Crippen molar-refractivity contribution in [3.05, 3.63) is 0 Å². The molecule has 0 saturated carbocycles. The van der Waals surface area contributed by atoms with E-state index in [1.165, 1.54) is 0 Å². The minimum atomic E-state index is -0.559. The quantitative estimate of drug-likeness (QED) is 0.374. The fourth-order valence-corrected chi connectivity index (χ4v) is 2.62. The van der Waals surface area contributed by atoms with Gasteiger partial charge in [-0.3, -0.25) is 14.4 Å². The minimum Gasteiger partial charge on any atom is -0.466 e. The summed E-state index contributed by atoms with van der Waals surface area (Å²) >= 11 is 0. The van der Waals surface area contributed by atoms with Gasteiger partial charge in [-0.1, -0.05) is 0 Å². The molecule has 0 radical (unpaired) electrons. The molecular weight excluding hydrogens is 368 g/mol. The number of carbonyl (C=O) groups is 4. The van der Waals surface area contributed by atoms with Gasteiger partial charge in [0, 0.05) is 26.1 Å². The summed E-state index contributed by atoms with van der Waals surface area (Å²) in [7, 11) is 0. The Balaban J connectivity index is 2.20. The second-order valence-electron chi connectivity index (χ2n) is 7.61. The molecule has 1 aliphatic heterocycles. The molecule has 1 saturated heterocycles. The molecule has 9 nitrogen and oxygen atoms in total. The van der Waals surface area contributed by atoms with Crippen LogP contribution in [-0.4, -0.2) is 67.3 Å². The van der Waals surface area contributed by atoms with E-state index < -0.39 is 17.5 Å². The van der Waals surface area contributed by atoms with Crippen LogP contribution in [0.2, 0.25) is 0 Å². The van der Waals surface area contributed by atoms with E-state index in [0.29, 0.717) is 45.5 Å². The number of esters is 2. The summed E-state index contributed by atoms with van der Waals surface area (Å²) in [4.78, 5) is 48.6. The number of piperidine rings is 1. The zero-order chi connectivity index (χ0) is 21.2. The molecule has 0 aromatic carbocycles. The predicted octanol–water partition coefficient (Wildman–Crippen LogP) is 1.64. The van der Waals surface area contributed by atoms with Crippen molar-refractivity contribution in [3.63, 3.8) is 0 Å². The van der Waals surface area contributed by atoms with Crippen molar-refractivity contribution in [2.75, 3.05) is 32.8 Å². The molecule has 28 heavy (non-hydrogen) atoms. The maximum atomic E-state index is 12.1. The van der Waals surface area contributed by atoms with Crippen LogP contribution in [0.25, 0.3) is 0 Å². The minimum absolute atomic E-state index is 0.226. The van der Waals surface area contributed by atoms with Gasteiger partial charge >= 0.3 is 18.0 Å². The first kappa shape index (κ1) is 23.7. The van der Waals surface area contributed by atoms with Gasteiger partial charge in [-0.25, -0.2) is 4.79 Å². The molecule has 0 aliphatic carbocycles. The van der Waals surface area contributed by atoms with E-state index in [0.717, 1.165) is 0 Å². The molecule has 160 valence electrons. The van der Waals surface area contributed by atoms with Crippen molar-refractivity contribution in [1.29, 1.82) is 0 Å². The van der Waals surface area contributed by atoms with Crippen molar-refractivity contribution >= 4 is 23.9 Å². The van der Waals surface area contributed by atoms with Crippen LogP contribution < -0.4 is 5.32 Å². The lowest BCUT2D eigenvalue weighted by atomic mass is 9.97. The van der Waals surface area contributed by atoms with Gasteiger partial charge < -0.3 is 24.4 Å². The molecule has 9 heteroatoms. The summed E-state index contributed by atoms with van der Waals surface area (Å²) in [5.74, 6) is -1.50. The van der Waals surface area contributed by atoms with E-state index in [2.05, 4.69) is 5.32 Å². The van der Waals surface area contributed by atoms with Gasteiger partial charge in [-0.05, 0) is 47.0 Å². The lowest BCUT2D eigenvalue weighted by Gasteiger charge is -2.32. The second kappa shape index (κ2) is 11.5. The van der Waals surface area contributed by atoms with Crippen LogP contribution in [-0.2, 0) is 28.6 Å². The molecule has 0 bridgehead atoms. The van der Waals surface area contributed by atoms with E-state index in [4.69, 9.17) is 14.2 Å². The van der Waals surface area contributed by atoms with Crippen LogP contribution >= 0.6 is 0 Å². The standard InChI is InChI=1S/C19H32N2O7/c1-5-26-16(23)7-6-10-20-15(22)13-27-17(24)14-8-11-21(12-9-14)18(25)28-19(2,3)4/h14H,5-13H2,1-4H3,(H,20,22). The van der Waals surface area contributed by atoms with Crippen molar-refractivity contribution in [2.24, 2.45) is 5.92 Å². The summed E-state index contributed by atoms with van der Waals surface area (Å²) in [5, 5.41) is 2.59. The fourth-order valence-electron chi connectivity index (χ4n) is 2.62. The van der Waals surface area contributed by atoms with Gasteiger partial charge in [0.1, 0.15) is 5.60 Å². The van der Waals surface area contributed by atoms with Gasteiger partial charge in [0.25, 0.3) is 5.91 Å². The maximum Gasteiger partial charge on any atom is 0.410 e. The van der Waals surface area contributed by atoms with Crippen LogP contribution in [0.4, 0.5) is 4.79 Å². The zero-order valence-electron chi connectivity index (χ0n) is 17.2. The maximum absolute atomic E-state index is 12.1. The van der Waals surface area contributed by atoms with Crippen molar-refractivity contribution in [1.82, 2.24) is 10.2 Å². The van der Waals surface area contributed by atoms with Crippen LogP contribution in [0.1, 0.15) is 53.4 Å². The van der Waals surface area contributed by atoms with Gasteiger partial charge in [-0.2, -0.15) is 0 Å². The third kappa shape index (κ3) is 9.57. The first-order valence-electron chi connectivity index (χ1n) is 9.69. The normalized spacial score (nSPS) is 14.9. The molecule has 1 rings (SSSR count). The largest absolute Gasteiger partial charge is 0.466 e. The molecule has 1 N–H and O–H groups in total. The smallest absolute Gasteiger partial charge is 0.410 e. The lowest BCUT2D eigenvalue weighted by Crippen LogP contribution is -2.43. The summed E-state index contributed by atoms with van der Waals surface area (Å²) in [6.07, 6.45) is 1.24. The highest BCUT2D eigenvalue weighted by atomic mass is 16.6. The Morgan fingerprint density at radius 3 is 2.29 bits per heavy atom. The van der Waals surface area contributed by atoms with Gasteiger partial charge in [0.2, 0.25) is 0 Å². The molecule has 0 atom stereocenters. The number of hydrogen-bond donors (Lipinski definition) is 1. The average molecular weight is 400 g/mol. The fraction of sp³-hybridized carbons (Fsp3) is 0.789.